The van der Waals surface area contributed by atoms with Gasteiger partial charge in [-0.2, -0.15) is 0 Å². The van der Waals surface area contributed by atoms with Gasteiger partial charge in [-0.25, -0.2) is 8.78 Å². The largest absolute Gasteiger partial charge is 0.323 e. The van der Waals surface area contributed by atoms with Crippen molar-refractivity contribution in [2.75, 3.05) is 0 Å². The summed E-state index contributed by atoms with van der Waals surface area (Å²) in [6.07, 6.45) is -1.30. The van der Waals surface area contributed by atoms with Gasteiger partial charge < -0.3 is 5.73 Å². The standard InChI is InChI=1S/C8H10F2N2.ClH/c1-5(11)7-3-2-6(4-12-7)8(9)10;/h2-5,8H,11H2,1H3;1H/t5-;/m1./s1. The lowest BCUT2D eigenvalue weighted by Gasteiger charge is -2.04. The van der Waals surface area contributed by atoms with Crippen LogP contribution < -0.4 is 5.73 Å². The molecule has 0 bridgehead atoms. The average Bonchev–Trinajstić information content (AvgIpc) is 2.04. The lowest BCUT2D eigenvalue weighted by molar-refractivity contribution is 0.151. The van der Waals surface area contributed by atoms with Gasteiger partial charge in [0, 0.05) is 17.8 Å². The minimum Gasteiger partial charge on any atom is -0.323 e. The number of halogens is 3. The minimum absolute atomic E-state index is 0. The Labute approximate surface area is 81.6 Å². The molecule has 13 heavy (non-hydrogen) atoms. The summed E-state index contributed by atoms with van der Waals surface area (Å²) in [5.41, 5.74) is 6.04. The maximum absolute atomic E-state index is 12.0. The van der Waals surface area contributed by atoms with Crippen LogP contribution >= 0.6 is 12.4 Å². The third kappa shape index (κ3) is 3.24. The zero-order valence-corrected chi connectivity index (χ0v) is 7.89. The van der Waals surface area contributed by atoms with Crippen LogP contribution in [0.25, 0.3) is 0 Å². The summed E-state index contributed by atoms with van der Waals surface area (Å²) in [4.78, 5) is 3.79. The first-order chi connectivity index (χ1) is 5.61. The van der Waals surface area contributed by atoms with Crippen LogP contribution in [-0.4, -0.2) is 4.98 Å². The molecule has 1 atom stereocenters. The predicted octanol–water partition coefficient (Wildman–Crippen LogP) is 2.46. The van der Waals surface area contributed by atoms with E-state index in [4.69, 9.17) is 5.73 Å². The van der Waals surface area contributed by atoms with Crippen LogP contribution in [0.1, 0.15) is 30.6 Å². The highest BCUT2D eigenvalue weighted by Crippen LogP contribution is 2.18. The van der Waals surface area contributed by atoms with Gasteiger partial charge in [-0.3, -0.25) is 4.98 Å². The predicted molar refractivity (Wildman–Crippen MR) is 49.0 cm³/mol. The van der Waals surface area contributed by atoms with Crippen molar-refractivity contribution in [1.82, 2.24) is 4.98 Å². The Morgan fingerprint density at radius 3 is 2.31 bits per heavy atom. The fourth-order valence-corrected chi connectivity index (χ4v) is 0.815. The summed E-state index contributed by atoms with van der Waals surface area (Å²) in [6, 6.07) is 2.65. The first-order valence-electron chi connectivity index (χ1n) is 3.61. The fraction of sp³-hybridized carbons (Fsp3) is 0.375. The van der Waals surface area contributed by atoms with Crippen LogP contribution in [0.5, 0.6) is 0 Å². The SMILES string of the molecule is C[C@@H](N)c1ccc(C(F)F)cn1.Cl. The van der Waals surface area contributed by atoms with Gasteiger partial charge in [0.05, 0.1) is 5.69 Å². The summed E-state index contributed by atoms with van der Waals surface area (Å²) in [6.45, 7) is 1.75. The molecule has 2 N–H and O–H groups in total. The van der Waals surface area contributed by atoms with Gasteiger partial charge in [-0.05, 0) is 19.1 Å². The summed E-state index contributed by atoms with van der Waals surface area (Å²) < 4.78 is 24.1. The number of rotatable bonds is 2. The average molecular weight is 209 g/mol. The highest BCUT2D eigenvalue weighted by Gasteiger charge is 2.07. The van der Waals surface area contributed by atoms with E-state index in [1.165, 1.54) is 12.1 Å². The lowest BCUT2D eigenvalue weighted by Crippen LogP contribution is -2.07. The third-order valence-corrected chi connectivity index (χ3v) is 1.53. The van der Waals surface area contributed by atoms with Crippen molar-refractivity contribution in [3.05, 3.63) is 29.6 Å². The number of nitrogens with two attached hydrogens (primary N) is 1. The molecule has 1 rings (SSSR count). The van der Waals surface area contributed by atoms with Crippen molar-refractivity contribution in [3.8, 4) is 0 Å². The van der Waals surface area contributed by atoms with Gasteiger partial charge in [0.2, 0.25) is 0 Å². The number of nitrogens with zero attached hydrogens (tertiary/aromatic N) is 1. The Morgan fingerprint density at radius 2 is 2.00 bits per heavy atom. The molecule has 5 heteroatoms. The normalized spacial score (nSPS) is 12.4. The Balaban J connectivity index is 0.00000144. The molecule has 0 aliphatic heterocycles. The second-order valence-electron chi connectivity index (χ2n) is 2.61. The molecule has 0 aliphatic rings. The molecule has 0 unspecified atom stereocenters. The van der Waals surface area contributed by atoms with Gasteiger partial charge in [0.15, 0.2) is 0 Å². The van der Waals surface area contributed by atoms with E-state index in [0.29, 0.717) is 5.69 Å². The van der Waals surface area contributed by atoms with Gasteiger partial charge in [-0.1, -0.05) is 0 Å². The fourth-order valence-electron chi connectivity index (χ4n) is 0.815. The van der Waals surface area contributed by atoms with E-state index in [2.05, 4.69) is 4.98 Å². The second-order valence-corrected chi connectivity index (χ2v) is 2.61. The molecule has 74 valence electrons. The molecule has 0 aromatic carbocycles. The molecular weight excluding hydrogens is 198 g/mol. The Bertz CT molecular complexity index is 222. The van der Waals surface area contributed by atoms with E-state index in [0.717, 1.165) is 6.20 Å². The van der Waals surface area contributed by atoms with Crippen molar-refractivity contribution in [1.29, 1.82) is 0 Å². The van der Waals surface area contributed by atoms with Crippen LogP contribution in [0.2, 0.25) is 0 Å². The number of aromatic nitrogens is 1. The molecule has 0 fully saturated rings. The molecular formula is C8H11ClF2N2. The van der Waals surface area contributed by atoms with E-state index in [-0.39, 0.29) is 24.0 Å². The van der Waals surface area contributed by atoms with Gasteiger partial charge in [0.1, 0.15) is 0 Å². The number of hydrogen-bond acceptors (Lipinski definition) is 2. The third-order valence-electron chi connectivity index (χ3n) is 1.53. The molecule has 1 aromatic rings. The molecule has 0 spiro atoms. The Kier molecular flexibility index (Phi) is 4.80. The second kappa shape index (κ2) is 5.09. The van der Waals surface area contributed by atoms with Crippen LogP contribution in [0.4, 0.5) is 8.78 Å². The maximum Gasteiger partial charge on any atom is 0.265 e. The number of pyridine rings is 1. The maximum atomic E-state index is 12.0. The van der Waals surface area contributed by atoms with Crippen LogP contribution in [-0.2, 0) is 0 Å². The number of hydrogen-bond donors (Lipinski definition) is 1. The first-order valence-corrected chi connectivity index (χ1v) is 3.61. The van der Waals surface area contributed by atoms with Crippen molar-refractivity contribution >= 4 is 12.4 Å². The molecule has 0 radical (unpaired) electrons. The van der Waals surface area contributed by atoms with Crippen molar-refractivity contribution in [2.45, 2.75) is 19.4 Å². The molecule has 0 aliphatic carbocycles. The van der Waals surface area contributed by atoms with E-state index >= 15 is 0 Å². The van der Waals surface area contributed by atoms with E-state index in [9.17, 15) is 8.78 Å². The van der Waals surface area contributed by atoms with Crippen LogP contribution in [0, 0.1) is 0 Å². The van der Waals surface area contributed by atoms with Crippen molar-refractivity contribution in [3.63, 3.8) is 0 Å². The first kappa shape index (κ1) is 12.3. The van der Waals surface area contributed by atoms with E-state index in [1.807, 2.05) is 0 Å². The van der Waals surface area contributed by atoms with E-state index < -0.39 is 6.43 Å². The monoisotopic (exact) mass is 208 g/mol. The molecule has 2 nitrogen and oxygen atoms in total. The van der Waals surface area contributed by atoms with Gasteiger partial charge in [0.25, 0.3) is 6.43 Å². The Morgan fingerprint density at radius 1 is 1.38 bits per heavy atom. The molecule has 0 amide bonds. The smallest absolute Gasteiger partial charge is 0.265 e. The highest BCUT2D eigenvalue weighted by atomic mass is 35.5. The Hall–Kier alpha value is -0.740. The molecule has 0 saturated heterocycles. The van der Waals surface area contributed by atoms with E-state index in [1.54, 1.807) is 6.92 Å². The summed E-state index contributed by atoms with van der Waals surface area (Å²) in [5, 5.41) is 0. The molecule has 1 heterocycles. The highest BCUT2D eigenvalue weighted by molar-refractivity contribution is 5.85. The van der Waals surface area contributed by atoms with Crippen molar-refractivity contribution in [2.24, 2.45) is 5.73 Å². The molecule has 1 aromatic heterocycles. The summed E-state index contributed by atoms with van der Waals surface area (Å²) >= 11 is 0. The zero-order chi connectivity index (χ0) is 9.14. The minimum atomic E-state index is -2.46. The quantitative estimate of drug-likeness (QED) is 0.811. The lowest BCUT2D eigenvalue weighted by atomic mass is 10.2. The van der Waals surface area contributed by atoms with Gasteiger partial charge >= 0.3 is 0 Å². The number of alkyl halides is 2. The van der Waals surface area contributed by atoms with Crippen molar-refractivity contribution < 1.29 is 8.78 Å². The van der Waals surface area contributed by atoms with Crippen LogP contribution in [0.15, 0.2) is 18.3 Å². The zero-order valence-electron chi connectivity index (χ0n) is 7.08. The molecule has 0 saturated carbocycles. The summed E-state index contributed by atoms with van der Waals surface area (Å²) in [7, 11) is 0. The topological polar surface area (TPSA) is 38.9 Å². The summed E-state index contributed by atoms with van der Waals surface area (Å²) in [5.74, 6) is 0. The van der Waals surface area contributed by atoms with Gasteiger partial charge in [-0.15, -0.1) is 12.4 Å². The van der Waals surface area contributed by atoms with Crippen LogP contribution in [0.3, 0.4) is 0 Å².